The molecule has 0 N–H and O–H groups in total. The molecule has 0 bridgehead atoms. The van der Waals surface area contributed by atoms with Gasteiger partial charge in [-0.2, -0.15) is 13.2 Å². The van der Waals surface area contributed by atoms with Gasteiger partial charge in [0, 0.05) is 6.20 Å². The normalized spacial score (nSPS) is 11.6. The molecule has 100 valence electrons. The maximum absolute atomic E-state index is 12.7. The van der Waals surface area contributed by atoms with Crippen molar-refractivity contribution in [2.24, 2.45) is 0 Å². The van der Waals surface area contributed by atoms with Gasteiger partial charge >= 0.3 is 6.18 Å². The van der Waals surface area contributed by atoms with E-state index >= 15 is 0 Å². The van der Waals surface area contributed by atoms with Gasteiger partial charge in [0.2, 0.25) is 0 Å². The van der Waals surface area contributed by atoms with Crippen molar-refractivity contribution < 1.29 is 17.6 Å². The van der Waals surface area contributed by atoms with E-state index in [-0.39, 0.29) is 6.54 Å². The van der Waals surface area contributed by atoms with Crippen LogP contribution in [0, 0.1) is 5.82 Å². The Morgan fingerprint density at radius 2 is 1.68 bits per heavy atom. The highest BCUT2D eigenvalue weighted by Crippen LogP contribution is 2.26. The zero-order valence-corrected chi connectivity index (χ0v) is 9.62. The number of nitrogens with zero attached hydrogens (tertiary/aromatic N) is 1. The number of alkyl halides is 3. The molecule has 0 aliphatic heterocycles. The number of aromatic nitrogens is 1. The SMILES string of the molecule is O=c1c(C(F)(F)F)cccn1Cc1ccc(F)cc1. The van der Waals surface area contributed by atoms with Crippen LogP contribution in [-0.2, 0) is 12.7 Å². The summed E-state index contributed by atoms with van der Waals surface area (Å²) < 4.78 is 51.3. The minimum atomic E-state index is -4.68. The van der Waals surface area contributed by atoms with Gasteiger partial charge in [-0.05, 0) is 29.8 Å². The first-order valence-electron chi connectivity index (χ1n) is 5.39. The Balaban J connectivity index is 2.37. The van der Waals surface area contributed by atoms with Crippen LogP contribution >= 0.6 is 0 Å². The second-order valence-electron chi connectivity index (χ2n) is 3.98. The van der Waals surface area contributed by atoms with E-state index in [0.29, 0.717) is 5.56 Å². The molecule has 0 atom stereocenters. The van der Waals surface area contributed by atoms with E-state index in [9.17, 15) is 22.4 Å². The van der Waals surface area contributed by atoms with Crippen molar-refractivity contribution in [3.05, 3.63) is 69.9 Å². The van der Waals surface area contributed by atoms with Crippen molar-refractivity contribution in [3.8, 4) is 0 Å². The summed E-state index contributed by atoms with van der Waals surface area (Å²) in [5, 5.41) is 0. The van der Waals surface area contributed by atoms with Crippen LogP contribution in [0.4, 0.5) is 17.6 Å². The Kier molecular flexibility index (Phi) is 3.42. The summed E-state index contributed by atoms with van der Waals surface area (Å²) in [6, 6.07) is 7.11. The summed E-state index contributed by atoms with van der Waals surface area (Å²) in [4.78, 5) is 11.7. The first-order chi connectivity index (χ1) is 8.88. The van der Waals surface area contributed by atoms with E-state index in [1.807, 2.05) is 0 Å². The van der Waals surface area contributed by atoms with Gasteiger partial charge in [-0.3, -0.25) is 4.79 Å². The van der Waals surface area contributed by atoms with Gasteiger partial charge in [0.15, 0.2) is 0 Å². The summed E-state index contributed by atoms with van der Waals surface area (Å²) in [6.07, 6.45) is -3.41. The summed E-state index contributed by atoms with van der Waals surface area (Å²) in [5.41, 5.74) is -1.78. The standard InChI is InChI=1S/C13H9F4NO/c14-10-5-3-9(4-6-10)8-18-7-1-2-11(12(18)19)13(15,16)17/h1-7H,8H2. The fourth-order valence-electron chi connectivity index (χ4n) is 1.66. The molecule has 19 heavy (non-hydrogen) atoms. The molecule has 0 spiro atoms. The topological polar surface area (TPSA) is 22.0 Å². The summed E-state index contributed by atoms with van der Waals surface area (Å²) in [6.45, 7) is -0.0387. The number of hydrogen-bond donors (Lipinski definition) is 0. The van der Waals surface area contributed by atoms with E-state index < -0.39 is 23.1 Å². The van der Waals surface area contributed by atoms with Crippen LogP contribution in [0.2, 0.25) is 0 Å². The highest BCUT2D eigenvalue weighted by Gasteiger charge is 2.34. The minimum absolute atomic E-state index is 0.0387. The third kappa shape index (κ3) is 3.01. The Labute approximate surface area is 105 Å². The van der Waals surface area contributed by atoms with Crippen LogP contribution in [0.1, 0.15) is 11.1 Å². The number of benzene rings is 1. The highest BCUT2D eigenvalue weighted by molar-refractivity contribution is 5.19. The fraction of sp³-hybridized carbons (Fsp3) is 0.154. The molecular weight excluding hydrogens is 262 g/mol. The molecule has 0 unspecified atom stereocenters. The molecule has 2 aromatic rings. The lowest BCUT2D eigenvalue weighted by Crippen LogP contribution is -2.28. The first kappa shape index (κ1) is 13.3. The summed E-state index contributed by atoms with van der Waals surface area (Å²) >= 11 is 0. The lowest BCUT2D eigenvalue weighted by Gasteiger charge is -2.10. The summed E-state index contributed by atoms with van der Waals surface area (Å²) in [5.74, 6) is -0.444. The predicted molar refractivity (Wildman–Crippen MR) is 61.2 cm³/mol. The van der Waals surface area contributed by atoms with E-state index in [1.54, 1.807) is 0 Å². The monoisotopic (exact) mass is 271 g/mol. The minimum Gasteiger partial charge on any atom is -0.311 e. The van der Waals surface area contributed by atoms with Crippen LogP contribution in [0.3, 0.4) is 0 Å². The van der Waals surface area contributed by atoms with Gasteiger partial charge in [0.05, 0.1) is 6.54 Å². The molecule has 0 amide bonds. The van der Waals surface area contributed by atoms with Gasteiger partial charge in [-0.25, -0.2) is 4.39 Å². The molecule has 1 aromatic heterocycles. The second-order valence-corrected chi connectivity index (χ2v) is 3.98. The van der Waals surface area contributed by atoms with Gasteiger partial charge in [-0.1, -0.05) is 12.1 Å². The highest BCUT2D eigenvalue weighted by atomic mass is 19.4. The Hall–Kier alpha value is -2.11. The van der Waals surface area contributed by atoms with Crippen molar-refractivity contribution in [3.63, 3.8) is 0 Å². The van der Waals surface area contributed by atoms with Gasteiger partial charge in [-0.15, -0.1) is 0 Å². The average molecular weight is 271 g/mol. The lowest BCUT2D eigenvalue weighted by atomic mass is 10.2. The molecule has 0 aliphatic carbocycles. The van der Waals surface area contributed by atoms with Gasteiger partial charge < -0.3 is 4.57 Å². The molecule has 6 heteroatoms. The van der Waals surface area contributed by atoms with Crippen molar-refractivity contribution in [2.75, 3.05) is 0 Å². The fourth-order valence-corrected chi connectivity index (χ4v) is 1.66. The predicted octanol–water partition coefficient (Wildman–Crippen LogP) is 3.05. The average Bonchev–Trinajstić information content (AvgIpc) is 2.33. The largest absolute Gasteiger partial charge is 0.421 e. The zero-order chi connectivity index (χ0) is 14.0. The Bertz CT molecular complexity index is 628. The number of rotatable bonds is 2. The molecule has 2 rings (SSSR count). The first-order valence-corrected chi connectivity index (χ1v) is 5.39. The molecule has 0 saturated heterocycles. The maximum atomic E-state index is 12.7. The van der Waals surface area contributed by atoms with E-state index in [4.69, 9.17) is 0 Å². The van der Waals surface area contributed by atoms with E-state index in [0.717, 1.165) is 16.7 Å². The molecule has 1 aromatic carbocycles. The van der Waals surface area contributed by atoms with Crippen LogP contribution in [0.25, 0.3) is 0 Å². The second kappa shape index (κ2) is 4.87. The molecule has 1 heterocycles. The smallest absolute Gasteiger partial charge is 0.311 e. The Morgan fingerprint density at radius 1 is 1.05 bits per heavy atom. The molecule has 0 radical (unpaired) electrons. The van der Waals surface area contributed by atoms with Crippen molar-refractivity contribution in [2.45, 2.75) is 12.7 Å². The van der Waals surface area contributed by atoms with Crippen molar-refractivity contribution in [1.29, 1.82) is 0 Å². The van der Waals surface area contributed by atoms with Crippen molar-refractivity contribution in [1.82, 2.24) is 4.57 Å². The van der Waals surface area contributed by atoms with Crippen LogP contribution in [0.15, 0.2) is 47.4 Å². The number of halogens is 4. The molecule has 0 aliphatic rings. The third-order valence-electron chi connectivity index (χ3n) is 2.59. The van der Waals surface area contributed by atoms with Crippen LogP contribution in [0.5, 0.6) is 0 Å². The van der Waals surface area contributed by atoms with Gasteiger partial charge in [0.1, 0.15) is 11.4 Å². The molecule has 2 nitrogen and oxygen atoms in total. The zero-order valence-electron chi connectivity index (χ0n) is 9.62. The van der Waals surface area contributed by atoms with Crippen LogP contribution in [-0.4, -0.2) is 4.57 Å². The molecular formula is C13H9F4NO. The number of hydrogen-bond acceptors (Lipinski definition) is 1. The molecule has 0 fully saturated rings. The quantitative estimate of drug-likeness (QED) is 0.769. The molecule has 0 saturated carbocycles. The third-order valence-corrected chi connectivity index (χ3v) is 2.59. The van der Waals surface area contributed by atoms with E-state index in [1.165, 1.54) is 30.5 Å². The van der Waals surface area contributed by atoms with Crippen LogP contribution < -0.4 is 5.56 Å². The summed E-state index contributed by atoms with van der Waals surface area (Å²) in [7, 11) is 0. The van der Waals surface area contributed by atoms with E-state index in [2.05, 4.69) is 0 Å². The van der Waals surface area contributed by atoms with Gasteiger partial charge in [0.25, 0.3) is 5.56 Å². The Morgan fingerprint density at radius 3 is 2.26 bits per heavy atom. The maximum Gasteiger partial charge on any atom is 0.421 e. The van der Waals surface area contributed by atoms with Crippen molar-refractivity contribution >= 4 is 0 Å². The lowest BCUT2D eigenvalue weighted by molar-refractivity contribution is -0.138. The number of pyridine rings is 1.